The molecule has 0 spiro atoms. The summed E-state index contributed by atoms with van der Waals surface area (Å²) >= 11 is 0. The Balaban J connectivity index is 1.54. The van der Waals surface area contributed by atoms with Crippen molar-refractivity contribution in [2.45, 2.75) is 6.54 Å². The molecule has 2 aromatic rings. The van der Waals surface area contributed by atoms with Gasteiger partial charge in [0.1, 0.15) is 0 Å². The number of methoxy groups -OCH3 is 1. The van der Waals surface area contributed by atoms with Gasteiger partial charge in [0.15, 0.2) is 0 Å². The smallest absolute Gasteiger partial charge is 0.337 e. The maximum absolute atomic E-state index is 11.4. The minimum absolute atomic E-state index is 0.341. The van der Waals surface area contributed by atoms with E-state index in [2.05, 4.69) is 45.7 Å². The van der Waals surface area contributed by atoms with Gasteiger partial charge >= 0.3 is 5.97 Å². The lowest BCUT2D eigenvalue weighted by Gasteiger charge is -2.26. The third-order valence-corrected chi connectivity index (χ3v) is 4.37. The zero-order valence-corrected chi connectivity index (χ0v) is 15.5. The second-order valence-electron chi connectivity index (χ2n) is 6.30. The van der Waals surface area contributed by atoms with Crippen molar-refractivity contribution in [3.8, 4) is 11.8 Å². The summed E-state index contributed by atoms with van der Waals surface area (Å²) < 4.78 is 10.1. The first-order valence-electron chi connectivity index (χ1n) is 9.00. The number of ether oxygens (including phenoxy) is 2. The van der Waals surface area contributed by atoms with Crippen molar-refractivity contribution in [2.75, 3.05) is 33.4 Å². The first-order chi connectivity index (χ1) is 13.2. The molecule has 4 heteroatoms. The molecule has 138 valence electrons. The molecule has 0 amide bonds. The second kappa shape index (κ2) is 9.72. The van der Waals surface area contributed by atoms with Gasteiger partial charge in [0.2, 0.25) is 0 Å². The van der Waals surface area contributed by atoms with Crippen molar-refractivity contribution in [2.24, 2.45) is 0 Å². The molecule has 1 aliphatic rings. The van der Waals surface area contributed by atoms with Crippen molar-refractivity contribution < 1.29 is 14.3 Å². The predicted octanol–water partition coefficient (Wildman–Crippen LogP) is 3.37. The van der Waals surface area contributed by atoms with Crippen LogP contribution in [0.15, 0.2) is 54.6 Å². The molecule has 0 radical (unpaired) electrons. The molecule has 4 nitrogen and oxygen atoms in total. The SMILES string of the molecule is COC(=O)c1ccc(C#C/C=C/c2ccc(CN3CCOCC3)cc2)cc1. The lowest BCUT2D eigenvalue weighted by Crippen LogP contribution is -2.35. The van der Waals surface area contributed by atoms with Crippen LogP contribution in [0.1, 0.15) is 27.0 Å². The fraction of sp³-hybridized carbons (Fsp3) is 0.261. The number of benzene rings is 2. The molecule has 0 aromatic heterocycles. The monoisotopic (exact) mass is 361 g/mol. The Kier molecular flexibility index (Phi) is 6.81. The van der Waals surface area contributed by atoms with E-state index in [0.29, 0.717) is 5.56 Å². The van der Waals surface area contributed by atoms with E-state index in [1.807, 2.05) is 24.3 Å². The number of hydrogen-bond donors (Lipinski definition) is 0. The number of esters is 1. The van der Waals surface area contributed by atoms with Crippen molar-refractivity contribution >= 4 is 12.0 Å². The summed E-state index contributed by atoms with van der Waals surface area (Å²) in [5, 5.41) is 0. The molecule has 1 aliphatic heterocycles. The Hall–Kier alpha value is -2.87. The normalized spacial score (nSPS) is 14.6. The molecule has 1 fully saturated rings. The molecule has 1 saturated heterocycles. The minimum atomic E-state index is -0.341. The third-order valence-electron chi connectivity index (χ3n) is 4.37. The number of morpholine rings is 1. The van der Waals surface area contributed by atoms with Crippen LogP contribution in [0, 0.1) is 11.8 Å². The molecule has 0 N–H and O–H groups in total. The summed E-state index contributed by atoms with van der Waals surface area (Å²) in [6, 6.07) is 15.6. The number of carbonyl (C=O) groups excluding carboxylic acids is 1. The molecular formula is C23H23NO3. The number of nitrogens with zero attached hydrogens (tertiary/aromatic N) is 1. The number of hydrogen-bond acceptors (Lipinski definition) is 4. The zero-order chi connectivity index (χ0) is 18.9. The second-order valence-corrected chi connectivity index (χ2v) is 6.30. The molecule has 0 saturated carbocycles. The van der Waals surface area contributed by atoms with E-state index in [9.17, 15) is 4.79 Å². The van der Waals surface area contributed by atoms with Crippen LogP contribution >= 0.6 is 0 Å². The van der Waals surface area contributed by atoms with E-state index < -0.39 is 0 Å². The van der Waals surface area contributed by atoms with Gasteiger partial charge in [-0.05, 0) is 47.5 Å². The van der Waals surface area contributed by atoms with Crippen molar-refractivity contribution in [3.63, 3.8) is 0 Å². The fourth-order valence-corrected chi connectivity index (χ4v) is 2.82. The van der Waals surface area contributed by atoms with Gasteiger partial charge < -0.3 is 9.47 Å². The molecule has 0 bridgehead atoms. The fourth-order valence-electron chi connectivity index (χ4n) is 2.82. The molecule has 0 atom stereocenters. The van der Waals surface area contributed by atoms with E-state index in [0.717, 1.165) is 44.0 Å². The maximum atomic E-state index is 11.4. The van der Waals surface area contributed by atoms with Gasteiger partial charge in [-0.1, -0.05) is 36.1 Å². The lowest BCUT2D eigenvalue weighted by molar-refractivity contribution is 0.0342. The molecule has 0 unspecified atom stereocenters. The van der Waals surface area contributed by atoms with E-state index in [1.165, 1.54) is 12.7 Å². The standard InChI is InChI=1S/C23H23NO3/c1-26-23(25)22-12-10-20(11-13-22)5-3-2-4-19-6-8-21(9-7-19)18-24-14-16-27-17-15-24/h2,4,6-13H,14-18H2,1H3/b4-2+. The van der Waals surface area contributed by atoms with Gasteiger partial charge in [-0.3, -0.25) is 4.90 Å². The van der Waals surface area contributed by atoms with Crippen LogP contribution in [0.25, 0.3) is 6.08 Å². The Bertz CT molecular complexity index is 836. The summed E-state index contributed by atoms with van der Waals surface area (Å²) in [5.41, 5.74) is 3.81. The molecule has 3 rings (SSSR count). The van der Waals surface area contributed by atoms with Crippen LogP contribution in [0.4, 0.5) is 0 Å². The van der Waals surface area contributed by atoms with Gasteiger partial charge in [-0.2, -0.15) is 0 Å². The molecule has 0 aliphatic carbocycles. The first-order valence-corrected chi connectivity index (χ1v) is 9.00. The van der Waals surface area contributed by atoms with Gasteiger partial charge in [-0.25, -0.2) is 4.79 Å². The highest BCUT2D eigenvalue weighted by Crippen LogP contribution is 2.10. The molecular weight excluding hydrogens is 338 g/mol. The quantitative estimate of drug-likeness (QED) is 0.618. The Morgan fingerprint density at radius 2 is 1.81 bits per heavy atom. The molecule has 2 aromatic carbocycles. The molecule has 1 heterocycles. The van der Waals surface area contributed by atoms with E-state index in [4.69, 9.17) is 4.74 Å². The topological polar surface area (TPSA) is 38.8 Å². The Morgan fingerprint density at radius 1 is 1.11 bits per heavy atom. The van der Waals surface area contributed by atoms with Crippen LogP contribution in [-0.4, -0.2) is 44.3 Å². The zero-order valence-electron chi connectivity index (χ0n) is 15.5. The van der Waals surface area contributed by atoms with Crippen molar-refractivity contribution in [3.05, 3.63) is 76.9 Å². The minimum Gasteiger partial charge on any atom is -0.465 e. The van der Waals surface area contributed by atoms with Gasteiger partial charge in [0, 0.05) is 25.2 Å². The predicted molar refractivity (Wildman–Crippen MR) is 106 cm³/mol. The summed E-state index contributed by atoms with van der Waals surface area (Å²) in [6.07, 6.45) is 3.83. The Morgan fingerprint density at radius 3 is 2.48 bits per heavy atom. The summed E-state index contributed by atoms with van der Waals surface area (Å²) in [5.74, 6) is 5.74. The largest absolute Gasteiger partial charge is 0.465 e. The number of allylic oxidation sites excluding steroid dienone is 1. The third kappa shape index (κ3) is 5.82. The Labute approximate surface area is 160 Å². The van der Waals surface area contributed by atoms with Crippen LogP contribution in [0.5, 0.6) is 0 Å². The summed E-state index contributed by atoms with van der Waals surface area (Å²) in [7, 11) is 1.37. The van der Waals surface area contributed by atoms with Crippen molar-refractivity contribution in [1.82, 2.24) is 4.90 Å². The van der Waals surface area contributed by atoms with Crippen molar-refractivity contribution in [1.29, 1.82) is 0 Å². The highest BCUT2D eigenvalue weighted by atomic mass is 16.5. The van der Waals surface area contributed by atoms with Crippen LogP contribution in [0.3, 0.4) is 0 Å². The van der Waals surface area contributed by atoms with Crippen LogP contribution < -0.4 is 0 Å². The lowest BCUT2D eigenvalue weighted by atomic mass is 10.1. The van der Waals surface area contributed by atoms with Crippen LogP contribution in [-0.2, 0) is 16.0 Å². The summed E-state index contributed by atoms with van der Waals surface area (Å²) in [6.45, 7) is 4.61. The molecule has 27 heavy (non-hydrogen) atoms. The number of rotatable bonds is 4. The van der Waals surface area contributed by atoms with E-state index in [1.54, 1.807) is 12.1 Å². The maximum Gasteiger partial charge on any atom is 0.337 e. The van der Waals surface area contributed by atoms with Gasteiger partial charge in [0.25, 0.3) is 0 Å². The summed E-state index contributed by atoms with van der Waals surface area (Å²) in [4.78, 5) is 13.8. The highest BCUT2D eigenvalue weighted by molar-refractivity contribution is 5.89. The number of carbonyl (C=O) groups is 1. The highest BCUT2D eigenvalue weighted by Gasteiger charge is 2.10. The first kappa shape index (κ1) is 18.9. The average molecular weight is 361 g/mol. The van der Waals surface area contributed by atoms with E-state index >= 15 is 0 Å². The van der Waals surface area contributed by atoms with Gasteiger partial charge in [0.05, 0.1) is 25.9 Å². The van der Waals surface area contributed by atoms with Crippen LogP contribution in [0.2, 0.25) is 0 Å². The van der Waals surface area contributed by atoms with Gasteiger partial charge in [-0.15, -0.1) is 0 Å². The van der Waals surface area contributed by atoms with E-state index in [-0.39, 0.29) is 5.97 Å². The average Bonchev–Trinajstić information content (AvgIpc) is 2.73.